The zero-order valence-electron chi connectivity index (χ0n) is 16.1. The second-order valence-electron chi connectivity index (χ2n) is 6.64. The van der Waals surface area contributed by atoms with Gasteiger partial charge in [-0.1, -0.05) is 36.0 Å². The fourth-order valence-corrected chi connectivity index (χ4v) is 4.08. The van der Waals surface area contributed by atoms with Crippen LogP contribution in [-0.2, 0) is 4.79 Å². The number of carbonyl (C=O) groups is 1. The topological polar surface area (TPSA) is 82.8 Å². The Morgan fingerprint density at radius 1 is 1.31 bits per heavy atom. The van der Waals surface area contributed by atoms with Gasteiger partial charge in [0.15, 0.2) is 0 Å². The van der Waals surface area contributed by atoms with Gasteiger partial charge in [0.05, 0.1) is 11.3 Å². The fraction of sp³-hybridized carbons (Fsp3) is 0.190. The maximum Gasteiger partial charge on any atom is 0.325 e. The Morgan fingerprint density at radius 2 is 2.10 bits per heavy atom. The number of aromatic nitrogens is 4. The van der Waals surface area contributed by atoms with Gasteiger partial charge in [-0.3, -0.25) is 14.6 Å². The first kappa shape index (κ1) is 19.1. The van der Waals surface area contributed by atoms with Gasteiger partial charge in [0.2, 0.25) is 11.1 Å². The minimum Gasteiger partial charge on any atom is -0.291 e. The molecule has 3 heterocycles. The van der Waals surface area contributed by atoms with Crippen molar-refractivity contribution in [2.75, 3.05) is 10.7 Å². The largest absolute Gasteiger partial charge is 0.325 e. The van der Waals surface area contributed by atoms with E-state index in [0.29, 0.717) is 33.5 Å². The number of thioether (sulfide) groups is 1. The van der Waals surface area contributed by atoms with Crippen molar-refractivity contribution in [1.29, 1.82) is 0 Å². The van der Waals surface area contributed by atoms with Gasteiger partial charge in [0.1, 0.15) is 5.69 Å². The van der Waals surface area contributed by atoms with E-state index in [1.54, 1.807) is 15.7 Å². The Balaban J connectivity index is 2.04. The molecule has 8 heteroatoms. The van der Waals surface area contributed by atoms with Gasteiger partial charge in [0, 0.05) is 23.5 Å². The van der Waals surface area contributed by atoms with Crippen molar-refractivity contribution in [3.8, 4) is 11.3 Å². The van der Waals surface area contributed by atoms with Gasteiger partial charge in [-0.15, -0.1) is 6.58 Å². The SMILES string of the molecule is C=CCSc1n[n+]2c(c(=O)[nH]1)-c1ccccc1N(C(C)=O)[C@H]2c1cccc(C)n1. The highest BCUT2D eigenvalue weighted by Crippen LogP contribution is 2.36. The molecule has 0 unspecified atom stereocenters. The third-order valence-corrected chi connectivity index (χ3v) is 5.47. The number of fused-ring (bicyclic) bond motifs is 3. The van der Waals surface area contributed by atoms with Crippen LogP contribution in [0.25, 0.3) is 11.3 Å². The van der Waals surface area contributed by atoms with Crippen LogP contribution >= 0.6 is 11.8 Å². The first-order chi connectivity index (χ1) is 14.0. The number of nitrogens with one attached hydrogen (secondary N) is 1. The maximum absolute atomic E-state index is 13.1. The highest BCUT2D eigenvalue weighted by molar-refractivity contribution is 7.99. The molecule has 0 radical (unpaired) electrons. The minimum absolute atomic E-state index is 0.161. The third-order valence-electron chi connectivity index (χ3n) is 4.61. The van der Waals surface area contributed by atoms with Crippen molar-refractivity contribution < 1.29 is 9.48 Å². The van der Waals surface area contributed by atoms with E-state index < -0.39 is 6.17 Å². The van der Waals surface area contributed by atoms with Crippen molar-refractivity contribution in [1.82, 2.24) is 15.1 Å². The highest BCUT2D eigenvalue weighted by atomic mass is 32.2. The number of para-hydroxylation sites is 1. The van der Waals surface area contributed by atoms with E-state index in [2.05, 4.69) is 21.6 Å². The summed E-state index contributed by atoms with van der Waals surface area (Å²) < 4.78 is 1.61. The molecule has 29 heavy (non-hydrogen) atoms. The van der Waals surface area contributed by atoms with Gasteiger partial charge in [-0.25, -0.2) is 9.88 Å². The van der Waals surface area contributed by atoms with Crippen molar-refractivity contribution in [2.24, 2.45) is 0 Å². The number of carbonyl (C=O) groups excluding carboxylic acids is 1. The molecule has 0 spiro atoms. The van der Waals surface area contributed by atoms with Gasteiger partial charge in [-0.2, -0.15) is 0 Å². The number of rotatable bonds is 4. The second kappa shape index (κ2) is 7.63. The summed E-state index contributed by atoms with van der Waals surface area (Å²) in [5.74, 6) is 0.439. The third kappa shape index (κ3) is 3.36. The Morgan fingerprint density at radius 3 is 2.83 bits per heavy atom. The van der Waals surface area contributed by atoms with Crippen LogP contribution in [0.15, 0.2) is 65.1 Å². The molecule has 2 aromatic heterocycles. The standard InChI is InChI=1S/C21H19N5O2S/c1-4-12-29-21-23-19(28)18-15-9-5-6-11-17(15)25(14(3)27)20(26(18)24-21)16-10-7-8-13(2)22-16/h4-11,20H,1,12H2,2-3H3/p+1/t20-/m1/s1. The van der Waals surface area contributed by atoms with E-state index in [0.717, 1.165) is 5.69 Å². The van der Waals surface area contributed by atoms with Gasteiger partial charge < -0.3 is 0 Å². The van der Waals surface area contributed by atoms with E-state index in [1.807, 2.05) is 49.4 Å². The molecule has 1 amide bonds. The van der Waals surface area contributed by atoms with E-state index in [-0.39, 0.29) is 11.5 Å². The number of pyridine rings is 1. The lowest BCUT2D eigenvalue weighted by Crippen LogP contribution is -2.60. The summed E-state index contributed by atoms with van der Waals surface area (Å²) in [6, 6.07) is 13.0. The molecule has 4 rings (SSSR count). The molecule has 146 valence electrons. The van der Waals surface area contributed by atoms with E-state index in [1.165, 1.54) is 18.7 Å². The average molecular weight is 406 g/mol. The predicted molar refractivity (Wildman–Crippen MR) is 112 cm³/mol. The van der Waals surface area contributed by atoms with Crippen molar-refractivity contribution in [3.63, 3.8) is 0 Å². The van der Waals surface area contributed by atoms with Gasteiger partial charge in [0.25, 0.3) is 0 Å². The molecule has 1 N–H and O–H groups in total. The zero-order valence-corrected chi connectivity index (χ0v) is 16.9. The number of nitrogens with zero attached hydrogens (tertiary/aromatic N) is 4. The molecule has 1 aliphatic heterocycles. The van der Waals surface area contributed by atoms with E-state index in [9.17, 15) is 9.59 Å². The van der Waals surface area contributed by atoms with Crippen LogP contribution in [0.5, 0.6) is 0 Å². The molecule has 1 aromatic carbocycles. The maximum atomic E-state index is 13.1. The van der Waals surface area contributed by atoms with Crippen LogP contribution in [0.4, 0.5) is 5.69 Å². The van der Waals surface area contributed by atoms with Crippen LogP contribution in [0.3, 0.4) is 0 Å². The number of aromatic amines is 1. The molecule has 1 aliphatic rings. The molecule has 0 aliphatic carbocycles. The van der Waals surface area contributed by atoms with E-state index >= 15 is 0 Å². The normalized spacial score (nSPS) is 14.8. The molecule has 0 saturated carbocycles. The lowest BCUT2D eigenvalue weighted by molar-refractivity contribution is -0.763. The quantitative estimate of drug-likeness (QED) is 0.409. The molecular formula is C21H20N5O2S+. The Kier molecular flexibility index (Phi) is 5.02. The Bertz CT molecular complexity index is 1170. The smallest absolute Gasteiger partial charge is 0.291 e. The number of anilines is 1. The van der Waals surface area contributed by atoms with Gasteiger partial charge >= 0.3 is 17.4 Å². The number of amides is 1. The highest BCUT2D eigenvalue weighted by Gasteiger charge is 2.45. The summed E-state index contributed by atoms with van der Waals surface area (Å²) in [7, 11) is 0. The van der Waals surface area contributed by atoms with Crippen molar-refractivity contribution in [2.45, 2.75) is 25.2 Å². The summed E-state index contributed by atoms with van der Waals surface area (Å²) in [5.41, 5.74) is 2.90. The second-order valence-corrected chi connectivity index (χ2v) is 7.64. The van der Waals surface area contributed by atoms with Crippen molar-refractivity contribution >= 4 is 23.4 Å². The summed E-state index contributed by atoms with van der Waals surface area (Å²) in [6.45, 7) is 7.11. The average Bonchev–Trinajstić information content (AvgIpc) is 2.70. The molecule has 7 nitrogen and oxygen atoms in total. The first-order valence-corrected chi connectivity index (χ1v) is 10.1. The molecule has 0 fully saturated rings. The Hall–Kier alpha value is -3.26. The van der Waals surface area contributed by atoms with Crippen LogP contribution in [0.2, 0.25) is 0 Å². The van der Waals surface area contributed by atoms with Crippen molar-refractivity contribution in [3.05, 3.63) is 76.9 Å². The van der Waals surface area contributed by atoms with E-state index in [4.69, 9.17) is 0 Å². The zero-order chi connectivity index (χ0) is 20.5. The minimum atomic E-state index is -0.664. The summed E-state index contributed by atoms with van der Waals surface area (Å²) in [4.78, 5) is 34.9. The van der Waals surface area contributed by atoms with Gasteiger partial charge in [-0.05, 0) is 35.9 Å². The van der Waals surface area contributed by atoms with Crippen LogP contribution < -0.4 is 15.1 Å². The lowest BCUT2D eigenvalue weighted by Gasteiger charge is -2.30. The number of aryl methyl sites for hydroxylation is 1. The number of hydrogen-bond donors (Lipinski definition) is 1. The number of hydrogen-bond acceptors (Lipinski definition) is 5. The summed E-state index contributed by atoms with van der Waals surface area (Å²) in [5, 5.41) is 5.13. The summed E-state index contributed by atoms with van der Waals surface area (Å²) in [6.07, 6.45) is 1.08. The predicted octanol–water partition coefficient (Wildman–Crippen LogP) is 2.62. The molecule has 1 atom stereocenters. The molecule has 3 aromatic rings. The lowest BCUT2D eigenvalue weighted by atomic mass is 10.0. The molecule has 0 bridgehead atoms. The molecule has 0 saturated heterocycles. The Labute approximate surface area is 172 Å². The van der Waals surface area contributed by atoms with Crippen LogP contribution in [0.1, 0.15) is 24.5 Å². The first-order valence-electron chi connectivity index (χ1n) is 9.14. The fourth-order valence-electron chi connectivity index (χ4n) is 3.49. The monoisotopic (exact) mass is 406 g/mol. The van der Waals surface area contributed by atoms with Crippen LogP contribution in [-0.4, -0.2) is 26.7 Å². The van der Waals surface area contributed by atoms with Crippen LogP contribution in [0, 0.1) is 6.92 Å². The molecular weight excluding hydrogens is 386 g/mol. The number of H-pyrrole nitrogens is 1. The summed E-state index contributed by atoms with van der Waals surface area (Å²) >= 11 is 1.37. The number of benzene rings is 1.